The molecular formula is C23H26N4O5S. The number of carbonyl (C=O) groups is 3. The molecule has 0 spiro atoms. The van der Waals surface area contributed by atoms with Crippen LogP contribution >= 0.6 is 11.3 Å². The fraction of sp³-hybridized carbons (Fsp3) is 0.304. The van der Waals surface area contributed by atoms with Gasteiger partial charge in [-0.15, -0.1) is 11.3 Å². The highest BCUT2D eigenvalue weighted by molar-refractivity contribution is 7.14. The summed E-state index contributed by atoms with van der Waals surface area (Å²) in [4.78, 5) is 40.9. The first kappa shape index (κ1) is 24.0. The Hall–Kier alpha value is -3.66. The smallest absolute Gasteiger partial charge is 0.251 e. The molecule has 2 heterocycles. The third-order valence-corrected chi connectivity index (χ3v) is 5.51. The molecule has 3 rings (SSSR count). The Morgan fingerprint density at radius 1 is 1.12 bits per heavy atom. The number of ether oxygens (including phenoxy) is 1. The number of hydrogen-bond acceptors (Lipinski definition) is 7. The lowest BCUT2D eigenvalue weighted by atomic mass is 10.0. The summed E-state index contributed by atoms with van der Waals surface area (Å²) in [5, 5.41) is 10.4. The van der Waals surface area contributed by atoms with Crippen LogP contribution in [0.1, 0.15) is 36.9 Å². The van der Waals surface area contributed by atoms with Crippen molar-refractivity contribution in [1.82, 2.24) is 15.6 Å². The van der Waals surface area contributed by atoms with Gasteiger partial charge in [0, 0.05) is 17.9 Å². The summed E-state index contributed by atoms with van der Waals surface area (Å²) in [6.07, 6.45) is 0. The summed E-state index contributed by atoms with van der Waals surface area (Å²) in [7, 11) is 1.55. The highest BCUT2D eigenvalue weighted by Gasteiger charge is 2.25. The highest BCUT2D eigenvalue weighted by atomic mass is 32.1. The molecule has 9 nitrogen and oxygen atoms in total. The first-order chi connectivity index (χ1) is 15.8. The lowest BCUT2D eigenvalue weighted by Gasteiger charge is -2.21. The fourth-order valence-electron chi connectivity index (χ4n) is 2.95. The number of benzene rings is 1. The second kappa shape index (κ2) is 10.8. The summed E-state index contributed by atoms with van der Waals surface area (Å²) < 4.78 is 10.8. The monoisotopic (exact) mass is 470 g/mol. The van der Waals surface area contributed by atoms with Crippen molar-refractivity contribution in [3.05, 3.63) is 53.1 Å². The van der Waals surface area contributed by atoms with Crippen molar-refractivity contribution in [1.29, 1.82) is 0 Å². The van der Waals surface area contributed by atoms with Crippen molar-refractivity contribution in [2.75, 3.05) is 12.4 Å². The van der Waals surface area contributed by atoms with Crippen LogP contribution in [0.15, 0.2) is 46.2 Å². The molecule has 3 aromatic rings. The second-order valence-corrected chi connectivity index (χ2v) is 8.48. The Morgan fingerprint density at radius 2 is 1.85 bits per heavy atom. The summed E-state index contributed by atoms with van der Waals surface area (Å²) in [6.45, 7) is 5.42. The molecule has 33 heavy (non-hydrogen) atoms. The Labute approximate surface area is 195 Å². The van der Waals surface area contributed by atoms with E-state index in [1.54, 1.807) is 48.9 Å². The zero-order valence-electron chi connectivity index (χ0n) is 18.8. The van der Waals surface area contributed by atoms with Crippen LogP contribution in [0.2, 0.25) is 0 Å². The van der Waals surface area contributed by atoms with Gasteiger partial charge < -0.3 is 25.1 Å². The average molecular weight is 471 g/mol. The van der Waals surface area contributed by atoms with E-state index < -0.39 is 6.04 Å². The minimum absolute atomic E-state index is 0.145. The Morgan fingerprint density at radius 3 is 2.48 bits per heavy atom. The SMILES string of the molecule is COc1ccc(C(=O)NC(C(=O)Nc2nc(-c3ccc(CNC(C)=O)o3)cs2)C(C)C)cc1. The van der Waals surface area contributed by atoms with Gasteiger partial charge in [0.2, 0.25) is 11.8 Å². The van der Waals surface area contributed by atoms with Crippen LogP contribution in [0.3, 0.4) is 0 Å². The number of rotatable bonds is 9. The van der Waals surface area contributed by atoms with Gasteiger partial charge in [-0.2, -0.15) is 0 Å². The van der Waals surface area contributed by atoms with Crippen molar-refractivity contribution in [3.8, 4) is 17.2 Å². The Bertz CT molecular complexity index is 1120. The van der Waals surface area contributed by atoms with Gasteiger partial charge in [0.25, 0.3) is 5.91 Å². The third-order valence-electron chi connectivity index (χ3n) is 4.75. The number of nitrogens with one attached hydrogen (secondary N) is 3. The molecule has 0 bridgehead atoms. The fourth-order valence-corrected chi connectivity index (χ4v) is 3.65. The molecule has 0 aliphatic carbocycles. The molecule has 3 amide bonds. The average Bonchev–Trinajstić information content (AvgIpc) is 3.45. The first-order valence-electron chi connectivity index (χ1n) is 10.3. The summed E-state index contributed by atoms with van der Waals surface area (Å²) in [6, 6.07) is 9.41. The predicted octanol–water partition coefficient (Wildman–Crippen LogP) is 3.44. The van der Waals surface area contributed by atoms with Crippen molar-refractivity contribution in [2.45, 2.75) is 33.4 Å². The van der Waals surface area contributed by atoms with Crippen LogP contribution in [-0.4, -0.2) is 35.9 Å². The van der Waals surface area contributed by atoms with Crippen molar-refractivity contribution >= 4 is 34.2 Å². The van der Waals surface area contributed by atoms with Crippen molar-refractivity contribution < 1.29 is 23.5 Å². The molecule has 0 saturated heterocycles. The van der Waals surface area contributed by atoms with Crippen molar-refractivity contribution in [2.24, 2.45) is 5.92 Å². The molecule has 0 aliphatic rings. The zero-order chi connectivity index (χ0) is 24.0. The molecule has 1 unspecified atom stereocenters. The van der Waals surface area contributed by atoms with Gasteiger partial charge in [0.05, 0.1) is 13.7 Å². The van der Waals surface area contributed by atoms with E-state index in [4.69, 9.17) is 9.15 Å². The van der Waals surface area contributed by atoms with E-state index >= 15 is 0 Å². The predicted molar refractivity (Wildman–Crippen MR) is 125 cm³/mol. The third kappa shape index (κ3) is 6.42. The molecular weight excluding hydrogens is 444 g/mol. The number of amides is 3. The van der Waals surface area contributed by atoms with Gasteiger partial charge in [0.15, 0.2) is 10.9 Å². The van der Waals surface area contributed by atoms with E-state index in [2.05, 4.69) is 20.9 Å². The van der Waals surface area contributed by atoms with E-state index in [1.807, 2.05) is 13.8 Å². The molecule has 1 aromatic carbocycles. The molecule has 174 valence electrons. The van der Waals surface area contributed by atoms with E-state index in [0.29, 0.717) is 33.7 Å². The molecule has 0 saturated carbocycles. The quantitative estimate of drug-likeness (QED) is 0.440. The molecule has 1 atom stereocenters. The number of thiazole rings is 1. The van der Waals surface area contributed by atoms with Crippen molar-refractivity contribution in [3.63, 3.8) is 0 Å². The maximum absolute atomic E-state index is 12.9. The van der Waals surface area contributed by atoms with E-state index in [1.165, 1.54) is 18.3 Å². The maximum Gasteiger partial charge on any atom is 0.251 e. The van der Waals surface area contributed by atoms with Gasteiger partial charge in [-0.25, -0.2) is 4.98 Å². The van der Waals surface area contributed by atoms with Crippen LogP contribution in [-0.2, 0) is 16.1 Å². The topological polar surface area (TPSA) is 123 Å². The molecule has 0 radical (unpaired) electrons. The number of hydrogen-bond donors (Lipinski definition) is 3. The minimum atomic E-state index is -0.750. The number of nitrogens with zero attached hydrogens (tertiary/aromatic N) is 1. The van der Waals surface area contributed by atoms with Gasteiger partial charge in [-0.05, 0) is 42.3 Å². The lowest BCUT2D eigenvalue weighted by molar-refractivity contribution is -0.119. The number of furan rings is 1. The second-order valence-electron chi connectivity index (χ2n) is 7.63. The largest absolute Gasteiger partial charge is 0.497 e. The molecule has 2 aromatic heterocycles. The van der Waals surface area contributed by atoms with Crippen LogP contribution < -0.4 is 20.7 Å². The maximum atomic E-state index is 12.9. The van der Waals surface area contributed by atoms with Crippen LogP contribution in [0.25, 0.3) is 11.5 Å². The highest BCUT2D eigenvalue weighted by Crippen LogP contribution is 2.27. The van der Waals surface area contributed by atoms with Crippen LogP contribution in [0, 0.1) is 5.92 Å². The summed E-state index contributed by atoms with van der Waals surface area (Å²) in [5.41, 5.74) is 0.992. The summed E-state index contributed by atoms with van der Waals surface area (Å²) in [5.74, 6) is 0.758. The van der Waals surface area contributed by atoms with Gasteiger partial charge >= 0.3 is 0 Å². The molecule has 0 aliphatic heterocycles. The van der Waals surface area contributed by atoms with Crippen LogP contribution in [0.5, 0.6) is 5.75 Å². The molecule has 0 fully saturated rings. The van der Waals surface area contributed by atoms with Gasteiger partial charge in [0.1, 0.15) is 23.2 Å². The van der Waals surface area contributed by atoms with Gasteiger partial charge in [-0.3, -0.25) is 14.4 Å². The Kier molecular flexibility index (Phi) is 7.83. The van der Waals surface area contributed by atoms with Crippen LogP contribution in [0.4, 0.5) is 5.13 Å². The first-order valence-corrected chi connectivity index (χ1v) is 11.2. The minimum Gasteiger partial charge on any atom is -0.497 e. The van der Waals surface area contributed by atoms with Gasteiger partial charge in [-0.1, -0.05) is 13.8 Å². The normalized spacial score (nSPS) is 11.7. The summed E-state index contributed by atoms with van der Waals surface area (Å²) >= 11 is 1.25. The standard InChI is InChI=1S/C23H26N4O5S/c1-13(2)20(26-21(29)15-5-7-16(31-4)8-6-15)22(30)27-23-25-18(12-33-23)19-10-9-17(32-19)11-24-14(3)28/h5-10,12-13,20H,11H2,1-4H3,(H,24,28)(H,26,29)(H,25,27,30). The lowest BCUT2D eigenvalue weighted by Crippen LogP contribution is -2.47. The number of carbonyl (C=O) groups excluding carboxylic acids is 3. The number of methoxy groups -OCH3 is 1. The molecule has 10 heteroatoms. The number of anilines is 1. The number of aromatic nitrogens is 1. The zero-order valence-corrected chi connectivity index (χ0v) is 19.6. The van der Waals surface area contributed by atoms with E-state index in [9.17, 15) is 14.4 Å². The van der Waals surface area contributed by atoms with E-state index in [0.717, 1.165) is 0 Å². The van der Waals surface area contributed by atoms with E-state index in [-0.39, 0.29) is 30.2 Å². The molecule has 3 N–H and O–H groups in total. The Balaban J connectivity index is 1.64.